The van der Waals surface area contributed by atoms with Crippen molar-refractivity contribution in [1.82, 2.24) is 14.8 Å². The van der Waals surface area contributed by atoms with Gasteiger partial charge >= 0.3 is 0 Å². The average Bonchev–Trinajstić information content (AvgIpc) is 2.58. The molecule has 0 N–H and O–H groups in total. The van der Waals surface area contributed by atoms with E-state index in [-0.39, 0.29) is 5.91 Å². The number of pyridine rings is 1. The Labute approximate surface area is 145 Å². The largest absolute Gasteiger partial charge is 0.336 e. The number of carbonyl (C=O) groups is 1. The van der Waals surface area contributed by atoms with Crippen molar-refractivity contribution in [1.29, 1.82) is 0 Å². The van der Waals surface area contributed by atoms with Crippen molar-refractivity contribution in [3.63, 3.8) is 0 Å². The van der Waals surface area contributed by atoms with Crippen LogP contribution in [0.4, 0.5) is 0 Å². The van der Waals surface area contributed by atoms with Crippen molar-refractivity contribution in [2.75, 3.05) is 26.2 Å². The van der Waals surface area contributed by atoms with Gasteiger partial charge in [-0.1, -0.05) is 35.3 Å². The minimum absolute atomic E-state index is 0.0142. The summed E-state index contributed by atoms with van der Waals surface area (Å²) < 4.78 is 0. The first-order valence-electron chi connectivity index (χ1n) is 7.49. The molecule has 1 saturated heterocycles. The third-order valence-electron chi connectivity index (χ3n) is 3.95. The van der Waals surface area contributed by atoms with Crippen LogP contribution in [0.5, 0.6) is 0 Å². The lowest BCUT2D eigenvalue weighted by atomic mass is 10.2. The molecule has 1 aromatic heterocycles. The van der Waals surface area contributed by atoms with Crippen molar-refractivity contribution in [2.24, 2.45) is 0 Å². The van der Waals surface area contributed by atoms with E-state index in [2.05, 4.69) is 9.88 Å². The summed E-state index contributed by atoms with van der Waals surface area (Å²) in [7, 11) is 0. The van der Waals surface area contributed by atoms with Crippen molar-refractivity contribution in [3.05, 3.63) is 63.9 Å². The number of hydrogen-bond acceptors (Lipinski definition) is 3. The molecule has 0 spiro atoms. The molecule has 0 bridgehead atoms. The number of aromatic nitrogens is 1. The molecule has 0 aliphatic carbocycles. The second-order valence-electron chi connectivity index (χ2n) is 5.56. The van der Waals surface area contributed by atoms with E-state index < -0.39 is 0 Å². The number of amides is 1. The molecular weight excluding hydrogens is 333 g/mol. The van der Waals surface area contributed by atoms with Gasteiger partial charge in [0.2, 0.25) is 0 Å². The highest BCUT2D eigenvalue weighted by Crippen LogP contribution is 2.14. The Bertz CT molecular complexity index is 665. The van der Waals surface area contributed by atoms with E-state index in [1.807, 2.05) is 29.2 Å². The Balaban J connectivity index is 1.54. The third kappa shape index (κ3) is 4.22. The minimum Gasteiger partial charge on any atom is -0.336 e. The highest BCUT2D eigenvalue weighted by atomic mass is 35.5. The smallest absolute Gasteiger partial charge is 0.255 e. The van der Waals surface area contributed by atoms with Gasteiger partial charge in [0.15, 0.2) is 0 Å². The summed E-state index contributed by atoms with van der Waals surface area (Å²) in [5.74, 6) is 0.0142. The number of piperazine rings is 1. The summed E-state index contributed by atoms with van der Waals surface area (Å²) in [6.45, 7) is 4.02. The Hall–Kier alpha value is -1.62. The van der Waals surface area contributed by atoms with Gasteiger partial charge in [-0.05, 0) is 29.8 Å². The summed E-state index contributed by atoms with van der Waals surface area (Å²) in [5.41, 5.74) is 1.82. The lowest BCUT2D eigenvalue weighted by molar-refractivity contribution is 0.0628. The molecule has 2 heterocycles. The maximum atomic E-state index is 12.4. The van der Waals surface area contributed by atoms with E-state index in [9.17, 15) is 4.79 Å². The predicted octanol–water partition coefficient (Wildman–Crippen LogP) is 3.35. The molecule has 23 heavy (non-hydrogen) atoms. The Morgan fingerprint density at radius 3 is 2.30 bits per heavy atom. The fourth-order valence-corrected chi connectivity index (χ4v) is 2.88. The molecule has 0 unspecified atom stereocenters. The molecule has 4 nitrogen and oxygen atoms in total. The Morgan fingerprint density at radius 2 is 1.70 bits per heavy atom. The molecule has 6 heteroatoms. The van der Waals surface area contributed by atoms with Crippen LogP contribution in [-0.4, -0.2) is 46.9 Å². The van der Waals surface area contributed by atoms with Crippen LogP contribution in [0.3, 0.4) is 0 Å². The SMILES string of the molecule is O=C(c1ccc(Cl)nc1)N1CCN(Cc2ccc(Cl)cc2)CC1. The van der Waals surface area contributed by atoms with Gasteiger partial charge in [0.05, 0.1) is 5.56 Å². The Morgan fingerprint density at radius 1 is 1.00 bits per heavy atom. The Kier molecular flexibility index (Phi) is 5.16. The fourth-order valence-electron chi connectivity index (χ4n) is 2.64. The second kappa shape index (κ2) is 7.30. The molecule has 2 aromatic rings. The third-order valence-corrected chi connectivity index (χ3v) is 4.43. The second-order valence-corrected chi connectivity index (χ2v) is 6.39. The fraction of sp³-hybridized carbons (Fsp3) is 0.294. The van der Waals surface area contributed by atoms with Crippen LogP contribution in [0.15, 0.2) is 42.6 Å². The summed E-state index contributed by atoms with van der Waals surface area (Å²) in [6, 6.07) is 11.3. The van der Waals surface area contributed by atoms with E-state index in [0.717, 1.165) is 37.7 Å². The summed E-state index contributed by atoms with van der Waals surface area (Å²) in [6.07, 6.45) is 1.53. The van der Waals surface area contributed by atoms with Crippen molar-refractivity contribution in [3.8, 4) is 0 Å². The van der Waals surface area contributed by atoms with E-state index in [1.54, 1.807) is 12.1 Å². The van der Waals surface area contributed by atoms with Gasteiger partial charge in [0.25, 0.3) is 5.91 Å². The quantitative estimate of drug-likeness (QED) is 0.797. The van der Waals surface area contributed by atoms with Crippen LogP contribution in [0, 0.1) is 0 Å². The summed E-state index contributed by atoms with van der Waals surface area (Å²) in [4.78, 5) is 20.6. The van der Waals surface area contributed by atoms with Crippen molar-refractivity contribution in [2.45, 2.75) is 6.54 Å². The average molecular weight is 350 g/mol. The monoisotopic (exact) mass is 349 g/mol. The summed E-state index contributed by atoms with van der Waals surface area (Å²) in [5, 5.41) is 1.15. The van der Waals surface area contributed by atoms with Gasteiger partial charge in [-0.3, -0.25) is 9.69 Å². The molecule has 1 fully saturated rings. The van der Waals surface area contributed by atoms with E-state index in [4.69, 9.17) is 23.2 Å². The predicted molar refractivity (Wildman–Crippen MR) is 91.9 cm³/mol. The van der Waals surface area contributed by atoms with E-state index in [1.165, 1.54) is 11.8 Å². The zero-order valence-corrected chi connectivity index (χ0v) is 14.1. The molecule has 0 radical (unpaired) electrons. The molecular formula is C17H17Cl2N3O. The van der Waals surface area contributed by atoms with Gasteiger partial charge in [0.1, 0.15) is 5.15 Å². The number of rotatable bonds is 3. The van der Waals surface area contributed by atoms with Crippen LogP contribution in [0.1, 0.15) is 15.9 Å². The molecule has 3 rings (SSSR count). The van der Waals surface area contributed by atoms with E-state index in [0.29, 0.717) is 10.7 Å². The standard InChI is InChI=1S/C17H17Cl2N3O/c18-15-4-1-13(2-5-15)12-21-7-9-22(10-8-21)17(23)14-3-6-16(19)20-11-14/h1-6,11H,7-10,12H2. The maximum Gasteiger partial charge on any atom is 0.255 e. The molecule has 0 saturated carbocycles. The topological polar surface area (TPSA) is 36.4 Å². The van der Waals surface area contributed by atoms with Gasteiger partial charge in [-0.2, -0.15) is 0 Å². The number of nitrogens with zero attached hydrogens (tertiary/aromatic N) is 3. The van der Waals surface area contributed by atoms with Crippen LogP contribution in [-0.2, 0) is 6.54 Å². The summed E-state index contributed by atoms with van der Waals surface area (Å²) >= 11 is 11.7. The van der Waals surface area contributed by atoms with Gasteiger partial charge < -0.3 is 4.90 Å². The minimum atomic E-state index is 0.0142. The van der Waals surface area contributed by atoms with Gasteiger partial charge in [-0.15, -0.1) is 0 Å². The number of halogens is 2. The number of benzene rings is 1. The van der Waals surface area contributed by atoms with E-state index >= 15 is 0 Å². The molecule has 1 aliphatic heterocycles. The van der Waals surface area contributed by atoms with Crippen LogP contribution in [0.2, 0.25) is 10.2 Å². The van der Waals surface area contributed by atoms with Crippen molar-refractivity contribution < 1.29 is 4.79 Å². The van der Waals surface area contributed by atoms with Crippen LogP contribution in [0.25, 0.3) is 0 Å². The highest BCUT2D eigenvalue weighted by molar-refractivity contribution is 6.30. The number of carbonyl (C=O) groups excluding carboxylic acids is 1. The van der Waals surface area contributed by atoms with Gasteiger partial charge in [-0.25, -0.2) is 4.98 Å². The lowest BCUT2D eigenvalue weighted by Crippen LogP contribution is -2.48. The number of hydrogen-bond donors (Lipinski definition) is 0. The first-order chi connectivity index (χ1) is 11.1. The normalized spacial score (nSPS) is 15.7. The first kappa shape index (κ1) is 16.2. The molecule has 1 amide bonds. The van der Waals surface area contributed by atoms with Crippen LogP contribution >= 0.6 is 23.2 Å². The molecule has 1 aliphatic rings. The van der Waals surface area contributed by atoms with Crippen LogP contribution < -0.4 is 0 Å². The molecule has 0 atom stereocenters. The van der Waals surface area contributed by atoms with Crippen molar-refractivity contribution >= 4 is 29.1 Å². The molecule has 1 aromatic carbocycles. The zero-order valence-electron chi connectivity index (χ0n) is 12.6. The zero-order chi connectivity index (χ0) is 16.2. The maximum absolute atomic E-state index is 12.4. The lowest BCUT2D eigenvalue weighted by Gasteiger charge is -2.34. The van der Waals surface area contributed by atoms with Gasteiger partial charge in [0, 0.05) is 43.9 Å². The highest BCUT2D eigenvalue weighted by Gasteiger charge is 2.22. The molecule has 120 valence electrons. The first-order valence-corrected chi connectivity index (χ1v) is 8.25.